The standard InChI is InChI=1S/C32H36N2O/c1-3-5-7-8-10-22-35-28-18-16-27(17-19-28)30-21-20-29(31(23-33)32(30)24-34)26-14-12-25(13-15-26)11-9-6-4-2/h12-21H,3-11,22H2,1-2H3. The van der Waals surface area contributed by atoms with Crippen LogP contribution in [0.2, 0.25) is 0 Å². The van der Waals surface area contributed by atoms with Crippen LogP contribution in [0.25, 0.3) is 22.3 Å². The number of unbranched alkanes of at least 4 members (excludes halogenated alkanes) is 6. The van der Waals surface area contributed by atoms with Gasteiger partial charge in [-0.2, -0.15) is 10.5 Å². The molecule has 0 saturated carbocycles. The summed E-state index contributed by atoms with van der Waals surface area (Å²) in [4.78, 5) is 0. The monoisotopic (exact) mass is 464 g/mol. The Hall–Kier alpha value is -3.56. The quantitative estimate of drug-likeness (QED) is 0.237. The van der Waals surface area contributed by atoms with E-state index < -0.39 is 0 Å². The van der Waals surface area contributed by atoms with Gasteiger partial charge < -0.3 is 4.74 Å². The molecule has 0 bridgehead atoms. The SMILES string of the molecule is CCCCCCCOc1ccc(-c2ccc(-c3ccc(CCCCC)cc3)c(C#N)c2C#N)cc1. The zero-order valence-corrected chi connectivity index (χ0v) is 21.1. The molecule has 0 amide bonds. The van der Waals surface area contributed by atoms with Crippen LogP contribution < -0.4 is 4.74 Å². The van der Waals surface area contributed by atoms with Gasteiger partial charge in [-0.05, 0) is 48.1 Å². The molecule has 0 spiro atoms. The molecule has 3 aromatic carbocycles. The highest BCUT2D eigenvalue weighted by Crippen LogP contribution is 2.34. The summed E-state index contributed by atoms with van der Waals surface area (Å²) in [6.07, 6.45) is 10.7. The van der Waals surface area contributed by atoms with Crippen molar-refractivity contribution in [1.29, 1.82) is 10.5 Å². The fourth-order valence-electron chi connectivity index (χ4n) is 4.37. The Bertz CT molecular complexity index is 1150. The molecule has 0 radical (unpaired) electrons. The van der Waals surface area contributed by atoms with Gasteiger partial charge in [-0.1, -0.05) is 101 Å². The van der Waals surface area contributed by atoms with Gasteiger partial charge in [-0.25, -0.2) is 0 Å². The number of aryl methyl sites for hydroxylation is 1. The third kappa shape index (κ3) is 7.21. The van der Waals surface area contributed by atoms with Gasteiger partial charge >= 0.3 is 0 Å². The smallest absolute Gasteiger partial charge is 0.119 e. The molecule has 0 N–H and O–H groups in total. The van der Waals surface area contributed by atoms with Crippen molar-refractivity contribution >= 4 is 0 Å². The van der Waals surface area contributed by atoms with Crippen LogP contribution in [0.1, 0.15) is 81.9 Å². The maximum atomic E-state index is 9.96. The highest BCUT2D eigenvalue weighted by Gasteiger charge is 2.16. The predicted molar refractivity (Wildman–Crippen MR) is 144 cm³/mol. The van der Waals surface area contributed by atoms with E-state index in [0.717, 1.165) is 47.5 Å². The van der Waals surface area contributed by atoms with E-state index in [9.17, 15) is 10.5 Å². The average molecular weight is 465 g/mol. The van der Waals surface area contributed by atoms with Crippen LogP contribution in [0.3, 0.4) is 0 Å². The first-order chi connectivity index (χ1) is 17.2. The Balaban J connectivity index is 1.76. The van der Waals surface area contributed by atoms with Crippen molar-refractivity contribution in [2.45, 2.75) is 71.6 Å². The summed E-state index contributed by atoms with van der Waals surface area (Å²) >= 11 is 0. The Morgan fingerprint density at radius 2 is 1.11 bits per heavy atom. The molecular formula is C32H36N2O. The number of benzene rings is 3. The zero-order chi connectivity index (χ0) is 24.9. The Morgan fingerprint density at radius 1 is 0.600 bits per heavy atom. The molecule has 0 saturated heterocycles. The predicted octanol–water partition coefficient (Wildman–Crippen LogP) is 8.85. The molecule has 0 aromatic heterocycles. The number of ether oxygens (including phenoxy) is 1. The average Bonchev–Trinajstić information content (AvgIpc) is 2.90. The number of hydrogen-bond donors (Lipinski definition) is 0. The Labute approximate surface area is 211 Å². The van der Waals surface area contributed by atoms with Crippen LogP contribution in [0.15, 0.2) is 60.7 Å². The van der Waals surface area contributed by atoms with Gasteiger partial charge in [-0.15, -0.1) is 0 Å². The normalized spacial score (nSPS) is 10.5. The lowest BCUT2D eigenvalue weighted by molar-refractivity contribution is 0.304. The third-order valence-corrected chi connectivity index (χ3v) is 6.44. The van der Waals surface area contributed by atoms with Crippen LogP contribution >= 0.6 is 0 Å². The minimum atomic E-state index is 0.418. The minimum Gasteiger partial charge on any atom is -0.494 e. The molecule has 0 atom stereocenters. The number of rotatable bonds is 13. The maximum absolute atomic E-state index is 9.96. The van der Waals surface area contributed by atoms with E-state index in [-0.39, 0.29) is 0 Å². The first-order valence-corrected chi connectivity index (χ1v) is 13.0. The van der Waals surface area contributed by atoms with Crippen LogP contribution in [0, 0.1) is 22.7 Å². The fourth-order valence-corrected chi connectivity index (χ4v) is 4.37. The van der Waals surface area contributed by atoms with Gasteiger partial charge in [0.15, 0.2) is 0 Å². The molecule has 0 heterocycles. The molecule has 0 aliphatic heterocycles. The highest BCUT2D eigenvalue weighted by molar-refractivity contribution is 5.82. The first-order valence-electron chi connectivity index (χ1n) is 13.0. The molecule has 0 unspecified atom stereocenters. The number of nitrogens with zero attached hydrogens (tertiary/aromatic N) is 2. The second kappa shape index (κ2) is 14.0. The lowest BCUT2D eigenvalue weighted by Crippen LogP contribution is -1.97. The van der Waals surface area contributed by atoms with Crippen molar-refractivity contribution in [3.8, 4) is 40.1 Å². The van der Waals surface area contributed by atoms with Gasteiger partial charge in [0.2, 0.25) is 0 Å². The zero-order valence-electron chi connectivity index (χ0n) is 21.1. The van der Waals surface area contributed by atoms with Gasteiger partial charge in [0.1, 0.15) is 17.9 Å². The van der Waals surface area contributed by atoms with E-state index in [4.69, 9.17) is 4.74 Å². The fraction of sp³-hybridized carbons (Fsp3) is 0.375. The summed E-state index contributed by atoms with van der Waals surface area (Å²) in [5, 5.41) is 19.9. The lowest BCUT2D eigenvalue weighted by Gasteiger charge is -2.12. The van der Waals surface area contributed by atoms with Gasteiger partial charge in [0, 0.05) is 11.1 Å². The molecule has 3 rings (SSSR count). The summed E-state index contributed by atoms with van der Waals surface area (Å²) in [6.45, 7) is 5.15. The maximum Gasteiger partial charge on any atom is 0.119 e. The van der Waals surface area contributed by atoms with Crippen LogP contribution in [0.5, 0.6) is 5.75 Å². The molecule has 0 aliphatic rings. The van der Waals surface area contributed by atoms with Gasteiger partial charge in [-0.3, -0.25) is 0 Å². The lowest BCUT2D eigenvalue weighted by atomic mass is 9.90. The Morgan fingerprint density at radius 3 is 1.66 bits per heavy atom. The Kier molecular flexibility index (Phi) is 10.4. The van der Waals surface area contributed by atoms with Crippen molar-refractivity contribution in [2.24, 2.45) is 0 Å². The highest BCUT2D eigenvalue weighted by atomic mass is 16.5. The summed E-state index contributed by atoms with van der Waals surface area (Å²) in [5.74, 6) is 0.832. The minimum absolute atomic E-state index is 0.418. The van der Waals surface area contributed by atoms with Crippen molar-refractivity contribution in [2.75, 3.05) is 6.61 Å². The van der Waals surface area contributed by atoms with E-state index in [2.05, 4.69) is 50.3 Å². The van der Waals surface area contributed by atoms with E-state index in [1.807, 2.05) is 36.4 Å². The molecule has 35 heavy (non-hydrogen) atoms. The molecule has 3 aromatic rings. The van der Waals surface area contributed by atoms with Crippen molar-refractivity contribution in [3.05, 3.63) is 77.4 Å². The van der Waals surface area contributed by atoms with Gasteiger partial charge in [0.05, 0.1) is 17.7 Å². The summed E-state index contributed by atoms with van der Waals surface area (Å²) in [7, 11) is 0. The van der Waals surface area contributed by atoms with Crippen LogP contribution in [-0.2, 0) is 6.42 Å². The van der Waals surface area contributed by atoms with Crippen LogP contribution in [-0.4, -0.2) is 6.61 Å². The number of nitriles is 2. The van der Waals surface area contributed by atoms with E-state index in [1.165, 1.54) is 50.5 Å². The van der Waals surface area contributed by atoms with E-state index in [0.29, 0.717) is 11.1 Å². The summed E-state index contributed by atoms with van der Waals surface area (Å²) in [5.41, 5.74) is 5.60. The summed E-state index contributed by atoms with van der Waals surface area (Å²) < 4.78 is 5.88. The van der Waals surface area contributed by atoms with E-state index in [1.54, 1.807) is 0 Å². The van der Waals surface area contributed by atoms with Crippen LogP contribution in [0.4, 0.5) is 0 Å². The topological polar surface area (TPSA) is 56.8 Å². The largest absolute Gasteiger partial charge is 0.494 e. The van der Waals surface area contributed by atoms with Crippen molar-refractivity contribution < 1.29 is 4.74 Å². The molecule has 0 fully saturated rings. The molecule has 180 valence electrons. The van der Waals surface area contributed by atoms with Crippen molar-refractivity contribution in [3.63, 3.8) is 0 Å². The second-order valence-electron chi connectivity index (χ2n) is 9.08. The third-order valence-electron chi connectivity index (χ3n) is 6.44. The molecule has 0 aliphatic carbocycles. The first kappa shape index (κ1) is 26.1. The van der Waals surface area contributed by atoms with E-state index >= 15 is 0 Å². The second-order valence-corrected chi connectivity index (χ2v) is 9.08. The molecule has 3 nitrogen and oxygen atoms in total. The summed E-state index contributed by atoms with van der Waals surface area (Å²) in [6, 6.07) is 24.7. The molecular weight excluding hydrogens is 428 g/mol. The van der Waals surface area contributed by atoms with Gasteiger partial charge in [0.25, 0.3) is 0 Å². The molecule has 3 heteroatoms. The van der Waals surface area contributed by atoms with Crippen molar-refractivity contribution in [1.82, 2.24) is 0 Å². The number of hydrogen-bond acceptors (Lipinski definition) is 3.